The van der Waals surface area contributed by atoms with E-state index in [0.717, 1.165) is 44.0 Å². The van der Waals surface area contributed by atoms with Gasteiger partial charge in [0.05, 0.1) is 6.61 Å². The Morgan fingerprint density at radius 2 is 1.17 bits per heavy atom. The Morgan fingerprint density at radius 3 is 1.63 bits per heavy atom. The lowest BCUT2D eigenvalue weighted by atomic mass is 9.91. The van der Waals surface area contributed by atoms with Gasteiger partial charge in [0.2, 0.25) is 0 Å². The number of likely N-dealkylation sites (tertiary alicyclic amines) is 1. The number of rotatable bonds is 11. The fourth-order valence-electron chi connectivity index (χ4n) is 5.67. The van der Waals surface area contributed by atoms with Gasteiger partial charge in [0.1, 0.15) is 6.10 Å². The highest BCUT2D eigenvalue weighted by molar-refractivity contribution is 5.83. The number of carbonyl (C=O) groups excluding carboxylic acids is 2. The second-order valence-corrected chi connectivity index (χ2v) is 10.8. The summed E-state index contributed by atoms with van der Waals surface area (Å²) in [5.74, 6) is -4.54. The summed E-state index contributed by atoms with van der Waals surface area (Å²) in [7, 11) is 1.45. The Bertz CT molecular complexity index is 1440. The van der Waals surface area contributed by atoms with Gasteiger partial charge in [-0.05, 0) is 12.0 Å². The molecule has 3 aromatic carbocycles. The summed E-state index contributed by atoms with van der Waals surface area (Å²) in [5, 5.41) is 0. The Hall–Kier alpha value is -3.94. The number of methoxy groups -OCH3 is 2. The molecule has 0 bridgehead atoms. The third-order valence-corrected chi connectivity index (χ3v) is 8.03. The van der Waals surface area contributed by atoms with Crippen molar-refractivity contribution in [3.63, 3.8) is 0 Å². The zero-order chi connectivity index (χ0) is 33.6. The average Bonchev–Trinajstić information content (AvgIpc) is 3.02. The van der Waals surface area contributed by atoms with Crippen molar-refractivity contribution in [1.29, 1.82) is 0 Å². The summed E-state index contributed by atoms with van der Waals surface area (Å²) < 4.78 is 107. The van der Waals surface area contributed by atoms with Crippen LogP contribution >= 0.6 is 0 Å². The van der Waals surface area contributed by atoms with Crippen molar-refractivity contribution >= 4 is 11.9 Å². The van der Waals surface area contributed by atoms with Crippen LogP contribution in [-0.4, -0.2) is 69.2 Å². The van der Waals surface area contributed by atoms with Crippen LogP contribution < -0.4 is 0 Å². The zero-order valence-electron chi connectivity index (χ0n) is 25.0. The molecule has 248 valence electrons. The van der Waals surface area contributed by atoms with Crippen molar-refractivity contribution in [2.75, 3.05) is 33.9 Å². The minimum absolute atomic E-state index is 0.000604. The number of benzene rings is 3. The van der Waals surface area contributed by atoms with Crippen molar-refractivity contribution < 1.29 is 54.9 Å². The molecule has 4 rings (SSSR count). The highest BCUT2D eigenvalue weighted by atomic mass is 19.4. The molecule has 1 fully saturated rings. The first-order chi connectivity index (χ1) is 21.8. The van der Waals surface area contributed by atoms with E-state index in [1.165, 1.54) is 36.4 Å². The van der Waals surface area contributed by atoms with Crippen molar-refractivity contribution in [3.8, 4) is 0 Å². The van der Waals surface area contributed by atoms with Crippen LogP contribution in [0.3, 0.4) is 0 Å². The molecule has 1 aliphatic heterocycles. The third-order valence-electron chi connectivity index (χ3n) is 8.03. The monoisotopic (exact) mass is 653 g/mol. The molecule has 3 aromatic rings. The van der Waals surface area contributed by atoms with E-state index in [1.807, 2.05) is 35.2 Å². The van der Waals surface area contributed by atoms with Gasteiger partial charge in [-0.15, -0.1) is 0 Å². The van der Waals surface area contributed by atoms with Gasteiger partial charge in [-0.2, -0.15) is 26.3 Å². The second-order valence-electron chi connectivity index (χ2n) is 10.8. The Labute approximate surface area is 262 Å². The molecule has 1 saturated heterocycles. The highest BCUT2D eigenvalue weighted by Crippen LogP contribution is 2.45. The number of hydrogen-bond acceptors (Lipinski definition) is 7. The van der Waals surface area contributed by atoms with Gasteiger partial charge in [0.25, 0.3) is 11.2 Å². The topological polar surface area (TPSA) is 74.3 Å². The van der Waals surface area contributed by atoms with Crippen LogP contribution in [0.1, 0.15) is 23.1 Å². The van der Waals surface area contributed by atoms with Crippen molar-refractivity contribution in [2.45, 2.75) is 42.6 Å². The predicted octanol–water partition coefficient (Wildman–Crippen LogP) is 6.17. The van der Waals surface area contributed by atoms with Crippen LogP contribution in [0.5, 0.6) is 0 Å². The van der Waals surface area contributed by atoms with E-state index < -0.39 is 65.2 Å². The Balaban J connectivity index is 1.63. The summed E-state index contributed by atoms with van der Waals surface area (Å²) in [6.45, 7) is -0.0411. The van der Waals surface area contributed by atoms with E-state index in [4.69, 9.17) is 18.9 Å². The second kappa shape index (κ2) is 14.2. The summed E-state index contributed by atoms with van der Waals surface area (Å²) in [4.78, 5) is 28.6. The standard InChI is InChI=1S/C33H33F6NO6/c1-43-30(32(34,35)36,25-14-8-4-9-15-25)28(41)45-22-24-21-40(20-23-12-6-3-7-13-23)19-18-27(24)46-29(42)31(44-2,33(37,38)39)26-16-10-5-11-17-26/h3-17,24,27H,18-22H2,1-2H3/t24-,27-,30+,31+/m1/s1. The molecule has 7 nitrogen and oxygen atoms in total. The largest absolute Gasteiger partial charge is 0.463 e. The van der Waals surface area contributed by atoms with Gasteiger partial charge in [-0.25, -0.2) is 9.59 Å². The minimum Gasteiger partial charge on any atom is -0.463 e. The fourth-order valence-corrected chi connectivity index (χ4v) is 5.67. The van der Waals surface area contributed by atoms with Crippen LogP contribution in [0.2, 0.25) is 0 Å². The summed E-state index contributed by atoms with van der Waals surface area (Å²) >= 11 is 0. The van der Waals surface area contributed by atoms with E-state index in [0.29, 0.717) is 6.54 Å². The van der Waals surface area contributed by atoms with Crippen LogP contribution in [0.4, 0.5) is 26.3 Å². The number of alkyl halides is 6. The molecule has 0 radical (unpaired) electrons. The molecule has 46 heavy (non-hydrogen) atoms. The van der Waals surface area contributed by atoms with E-state index in [2.05, 4.69) is 0 Å². The zero-order valence-corrected chi connectivity index (χ0v) is 25.0. The lowest BCUT2D eigenvalue weighted by molar-refractivity contribution is -0.280. The molecule has 0 unspecified atom stereocenters. The highest BCUT2D eigenvalue weighted by Gasteiger charge is 2.65. The Kier molecular flexibility index (Phi) is 10.8. The molecule has 0 amide bonds. The molecule has 0 spiro atoms. The lowest BCUT2D eigenvalue weighted by Crippen LogP contribution is -2.55. The number of ether oxygens (including phenoxy) is 4. The molecule has 0 saturated carbocycles. The number of piperidine rings is 1. The van der Waals surface area contributed by atoms with Crippen LogP contribution in [0, 0.1) is 5.92 Å². The van der Waals surface area contributed by atoms with E-state index in [1.54, 1.807) is 0 Å². The number of esters is 2. The summed E-state index contributed by atoms with van der Waals surface area (Å²) in [5.41, 5.74) is -7.10. The molecule has 1 heterocycles. The average molecular weight is 654 g/mol. The quantitative estimate of drug-likeness (QED) is 0.181. The van der Waals surface area contributed by atoms with Gasteiger partial charge < -0.3 is 18.9 Å². The van der Waals surface area contributed by atoms with Crippen molar-refractivity contribution in [3.05, 3.63) is 108 Å². The van der Waals surface area contributed by atoms with Crippen LogP contribution in [-0.2, 0) is 46.3 Å². The molecule has 0 N–H and O–H groups in total. The molecule has 1 aliphatic rings. The molecular formula is C33H33F6NO6. The number of halogens is 6. The maximum atomic E-state index is 14.5. The van der Waals surface area contributed by atoms with Gasteiger partial charge in [0, 0.05) is 50.9 Å². The fraction of sp³-hybridized carbons (Fsp3) is 0.394. The van der Waals surface area contributed by atoms with E-state index in [-0.39, 0.29) is 19.5 Å². The van der Waals surface area contributed by atoms with Crippen LogP contribution in [0.15, 0.2) is 91.0 Å². The first-order valence-corrected chi connectivity index (χ1v) is 14.3. The summed E-state index contributed by atoms with van der Waals surface area (Å²) in [6.07, 6.45) is -11.7. The SMILES string of the molecule is CO[C@](C(=O)OC[C@H]1CN(Cc2ccccc2)CC[C@H]1OC(=O)[C@@](OC)(c1ccccc1)C(F)(F)F)(c1ccccc1)C(F)(F)F. The maximum Gasteiger partial charge on any atom is 0.432 e. The molecule has 0 aliphatic carbocycles. The van der Waals surface area contributed by atoms with Crippen molar-refractivity contribution in [1.82, 2.24) is 4.90 Å². The van der Waals surface area contributed by atoms with Crippen LogP contribution in [0.25, 0.3) is 0 Å². The molecule has 0 aromatic heterocycles. The number of hydrogen-bond donors (Lipinski definition) is 0. The van der Waals surface area contributed by atoms with E-state index >= 15 is 0 Å². The number of nitrogens with zero attached hydrogens (tertiary/aromatic N) is 1. The summed E-state index contributed by atoms with van der Waals surface area (Å²) in [6, 6.07) is 21.6. The third kappa shape index (κ3) is 6.91. The molecule has 4 atom stereocenters. The van der Waals surface area contributed by atoms with Gasteiger partial charge in [-0.1, -0.05) is 91.0 Å². The van der Waals surface area contributed by atoms with Gasteiger partial charge in [-0.3, -0.25) is 4.90 Å². The van der Waals surface area contributed by atoms with E-state index in [9.17, 15) is 35.9 Å². The van der Waals surface area contributed by atoms with Gasteiger partial charge >= 0.3 is 24.3 Å². The lowest BCUT2D eigenvalue weighted by Gasteiger charge is -2.40. The Morgan fingerprint density at radius 1 is 0.717 bits per heavy atom. The minimum atomic E-state index is -5.24. The first-order valence-electron chi connectivity index (χ1n) is 14.3. The smallest absolute Gasteiger partial charge is 0.432 e. The van der Waals surface area contributed by atoms with Crippen molar-refractivity contribution in [2.24, 2.45) is 5.92 Å². The number of carbonyl (C=O) groups is 2. The van der Waals surface area contributed by atoms with Gasteiger partial charge in [0.15, 0.2) is 0 Å². The molecular weight excluding hydrogens is 620 g/mol. The molecule has 13 heteroatoms. The normalized spacial score (nSPS) is 20.3. The maximum absolute atomic E-state index is 14.5. The first kappa shape index (κ1) is 34.9. The predicted molar refractivity (Wildman–Crippen MR) is 153 cm³/mol.